The van der Waals surface area contributed by atoms with Crippen LogP contribution in [0.4, 0.5) is 19.3 Å². The van der Waals surface area contributed by atoms with Gasteiger partial charge in [0.25, 0.3) is 5.91 Å². The second-order valence-electron chi connectivity index (χ2n) is 7.50. The highest BCUT2D eigenvalue weighted by molar-refractivity contribution is 9.10. The van der Waals surface area contributed by atoms with E-state index in [-0.39, 0.29) is 41.6 Å². The lowest BCUT2D eigenvalue weighted by molar-refractivity contribution is -0.159. The largest absolute Gasteiger partial charge is 0.393 e. The maximum Gasteiger partial charge on any atom is 0.322 e. The first-order valence-electron chi connectivity index (χ1n) is 9.56. The molecule has 0 radical (unpaired) electrons. The molecule has 12 heteroatoms. The molecule has 0 bridgehead atoms. The van der Waals surface area contributed by atoms with Gasteiger partial charge in [0.2, 0.25) is 0 Å². The molecular formula is C19H20BrF2N5O4. The first-order valence-corrected chi connectivity index (χ1v) is 10.4. The Hall–Kier alpha value is -2.57. The topological polar surface area (TPSA) is 99.9 Å². The van der Waals surface area contributed by atoms with E-state index in [1.54, 1.807) is 0 Å². The molecule has 1 aromatic heterocycles. The number of aromatic nitrogens is 2. The number of carbonyl (C=O) groups excluding carboxylic acids is 2. The number of hydrogen-bond acceptors (Lipinski definition) is 5. The number of nitrogens with zero attached hydrogens (tertiary/aromatic N) is 4. The Morgan fingerprint density at radius 3 is 2.87 bits per heavy atom. The number of nitrogens with one attached hydrogen (secondary N) is 1. The van der Waals surface area contributed by atoms with Crippen LogP contribution in [0.2, 0.25) is 0 Å². The van der Waals surface area contributed by atoms with Crippen molar-refractivity contribution in [2.75, 3.05) is 19.0 Å². The Labute approximate surface area is 184 Å². The van der Waals surface area contributed by atoms with Gasteiger partial charge in [-0.15, -0.1) is 0 Å². The summed E-state index contributed by atoms with van der Waals surface area (Å²) in [4.78, 5) is 32.6. The van der Waals surface area contributed by atoms with Crippen LogP contribution in [0.1, 0.15) is 28.7 Å². The molecule has 3 heterocycles. The van der Waals surface area contributed by atoms with Crippen molar-refractivity contribution in [2.24, 2.45) is 0 Å². The smallest absolute Gasteiger partial charge is 0.322 e. The molecule has 1 unspecified atom stereocenters. The molecule has 166 valence electrons. The lowest BCUT2D eigenvalue weighted by Gasteiger charge is -2.33. The molecule has 1 aromatic carbocycles. The number of halogens is 3. The van der Waals surface area contributed by atoms with Crippen LogP contribution in [0.3, 0.4) is 0 Å². The monoisotopic (exact) mass is 499 g/mol. The highest BCUT2D eigenvalue weighted by Gasteiger charge is 2.37. The summed E-state index contributed by atoms with van der Waals surface area (Å²) in [5.74, 6) is -2.13. The van der Waals surface area contributed by atoms with Gasteiger partial charge in [0.05, 0.1) is 35.6 Å². The quantitative estimate of drug-likeness (QED) is 0.617. The fourth-order valence-electron chi connectivity index (χ4n) is 3.79. The fraction of sp³-hybridized carbons (Fsp3) is 0.421. The minimum absolute atomic E-state index is 0.0744. The van der Waals surface area contributed by atoms with E-state index in [0.717, 1.165) is 17.2 Å². The molecule has 0 saturated heterocycles. The molecule has 3 amide bonds. The molecule has 0 saturated carbocycles. The predicted molar refractivity (Wildman–Crippen MR) is 108 cm³/mol. The summed E-state index contributed by atoms with van der Waals surface area (Å²) < 4.78 is 28.9. The summed E-state index contributed by atoms with van der Waals surface area (Å²) in [6.07, 6.45) is -0.242. The number of carbonyl (C=O) groups is 2. The first-order chi connectivity index (χ1) is 14.7. The van der Waals surface area contributed by atoms with Crippen LogP contribution in [-0.4, -0.2) is 62.6 Å². The van der Waals surface area contributed by atoms with Crippen molar-refractivity contribution in [3.8, 4) is 0 Å². The van der Waals surface area contributed by atoms with Gasteiger partial charge in [-0.05, 0) is 35.0 Å². The van der Waals surface area contributed by atoms with Crippen molar-refractivity contribution < 1.29 is 28.3 Å². The van der Waals surface area contributed by atoms with Crippen LogP contribution in [-0.2, 0) is 24.3 Å². The van der Waals surface area contributed by atoms with Crippen LogP contribution in [0.15, 0.2) is 16.6 Å². The molecule has 31 heavy (non-hydrogen) atoms. The number of hydroxylamine groups is 2. The van der Waals surface area contributed by atoms with Crippen LogP contribution in [0.5, 0.6) is 0 Å². The lowest BCUT2D eigenvalue weighted by atomic mass is 9.99. The van der Waals surface area contributed by atoms with E-state index in [2.05, 4.69) is 26.3 Å². The Morgan fingerprint density at radius 2 is 2.16 bits per heavy atom. The average Bonchev–Trinajstić information content (AvgIpc) is 3.02. The molecule has 0 spiro atoms. The van der Waals surface area contributed by atoms with E-state index < -0.39 is 29.7 Å². The summed E-state index contributed by atoms with van der Waals surface area (Å²) in [5.41, 5.74) is 1.38. The molecule has 2 aromatic rings. The van der Waals surface area contributed by atoms with Crippen LogP contribution in [0, 0.1) is 11.6 Å². The fourth-order valence-corrected chi connectivity index (χ4v) is 4.13. The number of anilines is 1. The Balaban J connectivity index is 1.63. The molecule has 0 fully saturated rings. The summed E-state index contributed by atoms with van der Waals surface area (Å²) in [6.45, 7) is 1.79. The van der Waals surface area contributed by atoms with Crippen LogP contribution in [0.25, 0.3) is 0 Å². The van der Waals surface area contributed by atoms with Gasteiger partial charge in [0, 0.05) is 25.1 Å². The third-order valence-electron chi connectivity index (χ3n) is 5.40. The van der Waals surface area contributed by atoms with Crippen LogP contribution >= 0.6 is 15.9 Å². The second-order valence-corrected chi connectivity index (χ2v) is 8.30. The minimum atomic E-state index is -0.915. The Kier molecular flexibility index (Phi) is 5.71. The van der Waals surface area contributed by atoms with E-state index in [1.165, 1.54) is 16.6 Å². The summed E-state index contributed by atoms with van der Waals surface area (Å²) in [7, 11) is 1.45. The number of benzene rings is 1. The van der Waals surface area contributed by atoms with Gasteiger partial charge in [0.1, 0.15) is 17.6 Å². The summed E-state index contributed by atoms with van der Waals surface area (Å²) in [5, 5.41) is 17.5. The van der Waals surface area contributed by atoms with Crippen molar-refractivity contribution in [1.82, 2.24) is 19.7 Å². The number of hydrogen-bond donors (Lipinski definition) is 2. The second kappa shape index (κ2) is 8.17. The highest BCUT2D eigenvalue weighted by atomic mass is 79.9. The van der Waals surface area contributed by atoms with Crippen molar-refractivity contribution in [1.29, 1.82) is 0 Å². The normalized spacial score (nSPS) is 20.9. The SMILES string of the molecule is C[C@@H]1Cc2nn3c(c2CN1C(=O)Nc1ccc(F)c(Br)c1F)C(=O)N(C)OC(CO)C3. The number of aliphatic hydroxyl groups is 1. The lowest BCUT2D eigenvalue weighted by Crippen LogP contribution is -2.45. The van der Waals surface area contributed by atoms with Gasteiger partial charge < -0.3 is 15.3 Å². The number of fused-ring (bicyclic) bond motifs is 3. The third-order valence-corrected chi connectivity index (χ3v) is 6.12. The average molecular weight is 500 g/mol. The molecule has 2 aliphatic rings. The summed E-state index contributed by atoms with van der Waals surface area (Å²) in [6, 6.07) is 1.32. The van der Waals surface area contributed by atoms with E-state index in [1.807, 2.05) is 6.92 Å². The maximum atomic E-state index is 14.3. The predicted octanol–water partition coefficient (Wildman–Crippen LogP) is 2.28. The van der Waals surface area contributed by atoms with Crippen molar-refractivity contribution in [3.63, 3.8) is 0 Å². The number of urea groups is 1. The van der Waals surface area contributed by atoms with Gasteiger partial charge in [-0.3, -0.25) is 14.3 Å². The van der Waals surface area contributed by atoms with Crippen molar-refractivity contribution in [2.45, 2.75) is 38.6 Å². The number of amides is 3. The zero-order chi connectivity index (χ0) is 22.4. The molecule has 9 nitrogen and oxygen atoms in total. The third kappa shape index (κ3) is 3.79. The van der Waals surface area contributed by atoms with Gasteiger partial charge in [0.15, 0.2) is 5.82 Å². The van der Waals surface area contributed by atoms with E-state index in [0.29, 0.717) is 17.7 Å². The Bertz CT molecular complexity index is 1060. The van der Waals surface area contributed by atoms with E-state index in [4.69, 9.17) is 4.84 Å². The van der Waals surface area contributed by atoms with Gasteiger partial charge in [-0.25, -0.2) is 18.6 Å². The van der Waals surface area contributed by atoms with Crippen molar-refractivity contribution in [3.05, 3.63) is 45.2 Å². The van der Waals surface area contributed by atoms with Gasteiger partial charge in [-0.1, -0.05) is 0 Å². The molecule has 0 aliphatic carbocycles. The highest BCUT2D eigenvalue weighted by Crippen LogP contribution is 2.30. The first kappa shape index (κ1) is 21.7. The van der Waals surface area contributed by atoms with Crippen LogP contribution < -0.4 is 5.32 Å². The summed E-state index contributed by atoms with van der Waals surface area (Å²) >= 11 is 2.82. The van der Waals surface area contributed by atoms with Gasteiger partial charge in [-0.2, -0.15) is 5.10 Å². The minimum Gasteiger partial charge on any atom is -0.393 e. The zero-order valence-corrected chi connectivity index (χ0v) is 18.3. The maximum absolute atomic E-state index is 14.3. The molecule has 2 atom stereocenters. The molecule has 2 aliphatic heterocycles. The number of aliphatic hydroxyl groups excluding tert-OH is 1. The standard InChI is InChI=1S/C19H20BrF2N5O4/c1-9-5-14-11(17-18(29)25(2)31-10(8-28)6-27(17)24-14)7-26(9)19(30)23-13-4-3-12(21)15(20)16(13)22/h3-4,9-10,28H,5-8H2,1-2H3,(H,23,30)/t9-,10?/m1/s1. The van der Waals surface area contributed by atoms with Crippen molar-refractivity contribution >= 4 is 33.6 Å². The van der Waals surface area contributed by atoms with Gasteiger partial charge >= 0.3 is 6.03 Å². The number of rotatable bonds is 2. The van der Waals surface area contributed by atoms with E-state index >= 15 is 0 Å². The van der Waals surface area contributed by atoms with E-state index in [9.17, 15) is 23.5 Å². The molecular weight excluding hydrogens is 480 g/mol. The zero-order valence-electron chi connectivity index (χ0n) is 16.7. The Morgan fingerprint density at radius 1 is 1.42 bits per heavy atom. The molecule has 4 rings (SSSR count). The molecule has 2 N–H and O–H groups in total.